The fourth-order valence-electron chi connectivity index (χ4n) is 5.58. The molecule has 2 aliphatic heterocycles. The summed E-state index contributed by atoms with van der Waals surface area (Å²) in [4.78, 5) is 57.8. The summed E-state index contributed by atoms with van der Waals surface area (Å²) in [5, 5.41) is 2.80. The van der Waals surface area contributed by atoms with Gasteiger partial charge in [-0.1, -0.05) is 32.0 Å². The fourth-order valence-corrected chi connectivity index (χ4v) is 5.58. The number of hydrogen-bond acceptors (Lipinski definition) is 6. The molecule has 2 aromatic carbocycles. The number of ether oxygens (including phenoxy) is 1. The molecule has 0 saturated carbocycles. The highest BCUT2D eigenvalue weighted by atomic mass is 19.1. The lowest BCUT2D eigenvalue weighted by Crippen LogP contribution is -2.60. The maximum absolute atomic E-state index is 13.9. The first-order valence-electron chi connectivity index (χ1n) is 13.7. The van der Waals surface area contributed by atoms with Crippen LogP contribution in [0.25, 0.3) is 0 Å². The lowest BCUT2D eigenvalue weighted by molar-refractivity contribution is -0.149. The number of likely N-dealkylation sites (tertiary alicyclic amines) is 1. The van der Waals surface area contributed by atoms with Crippen molar-refractivity contribution in [2.75, 3.05) is 37.8 Å². The van der Waals surface area contributed by atoms with Crippen LogP contribution in [0.5, 0.6) is 0 Å². The maximum Gasteiger partial charge on any atom is 0.325 e. The molecular weight excluding hydrogens is 515 g/mol. The Bertz CT molecular complexity index is 1240. The van der Waals surface area contributed by atoms with Crippen molar-refractivity contribution in [1.29, 1.82) is 0 Å². The topological polar surface area (TPSA) is 99.3 Å². The third-order valence-corrected chi connectivity index (χ3v) is 7.63. The summed E-state index contributed by atoms with van der Waals surface area (Å²) in [5.74, 6) is -2.11. The summed E-state index contributed by atoms with van der Waals surface area (Å²) in [5.41, 5.74) is 0.727. The van der Waals surface area contributed by atoms with Crippen LogP contribution >= 0.6 is 0 Å². The van der Waals surface area contributed by atoms with Gasteiger partial charge in [0.1, 0.15) is 23.9 Å². The lowest BCUT2D eigenvalue weighted by Gasteiger charge is -2.44. The smallest absolute Gasteiger partial charge is 0.325 e. The van der Waals surface area contributed by atoms with Crippen molar-refractivity contribution >= 4 is 29.4 Å². The molecule has 2 heterocycles. The second-order valence-corrected chi connectivity index (χ2v) is 10.8. The molecule has 2 aromatic rings. The molecule has 40 heavy (non-hydrogen) atoms. The molecule has 0 aliphatic carbocycles. The second-order valence-electron chi connectivity index (χ2n) is 10.8. The zero-order valence-corrected chi connectivity index (χ0v) is 23.5. The van der Waals surface area contributed by atoms with E-state index in [1.54, 1.807) is 24.8 Å². The number of esters is 1. The predicted octanol–water partition coefficient (Wildman–Crippen LogP) is 3.12. The first-order valence-corrected chi connectivity index (χ1v) is 13.7. The zero-order valence-electron chi connectivity index (χ0n) is 23.5. The molecule has 3 amide bonds. The average molecular weight is 553 g/mol. The third kappa shape index (κ3) is 5.95. The summed E-state index contributed by atoms with van der Waals surface area (Å²) in [6.07, 6.45) is 0.737. The Labute approximate surface area is 234 Å². The van der Waals surface area contributed by atoms with E-state index < -0.39 is 29.3 Å². The molecule has 10 heteroatoms. The van der Waals surface area contributed by atoms with Gasteiger partial charge in [0.25, 0.3) is 11.8 Å². The monoisotopic (exact) mass is 552 g/mol. The average Bonchev–Trinajstić information content (AvgIpc) is 3.17. The lowest BCUT2D eigenvalue weighted by atomic mass is 9.85. The van der Waals surface area contributed by atoms with Gasteiger partial charge in [-0.05, 0) is 68.5 Å². The Kier molecular flexibility index (Phi) is 8.76. The van der Waals surface area contributed by atoms with Crippen LogP contribution in [0.1, 0.15) is 49.5 Å². The molecule has 1 N–H and O–H groups in total. The normalized spacial score (nSPS) is 17.4. The van der Waals surface area contributed by atoms with Gasteiger partial charge in [0.05, 0.1) is 13.3 Å². The maximum atomic E-state index is 13.9. The Balaban J connectivity index is 1.51. The second kappa shape index (κ2) is 12.1. The van der Waals surface area contributed by atoms with Gasteiger partial charge in [0.2, 0.25) is 5.91 Å². The van der Waals surface area contributed by atoms with Crippen LogP contribution in [0.4, 0.5) is 10.1 Å². The number of nitrogens with one attached hydrogen (secondary N) is 1. The Morgan fingerprint density at radius 1 is 1.07 bits per heavy atom. The van der Waals surface area contributed by atoms with Gasteiger partial charge in [0.15, 0.2) is 0 Å². The highest BCUT2D eigenvalue weighted by molar-refractivity contribution is 5.98. The van der Waals surface area contributed by atoms with E-state index in [0.29, 0.717) is 31.5 Å². The van der Waals surface area contributed by atoms with E-state index >= 15 is 0 Å². The number of anilines is 1. The van der Waals surface area contributed by atoms with E-state index in [1.165, 1.54) is 11.0 Å². The number of carbonyl (C=O) groups is 4. The minimum absolute atomic E-state index is 0.137. The molecule has 9 nitrogen and oxygen atoms in total. The van der Waals surface area contributed by atoms with E-state index in [0.717, 1.165) is 11.8 Å². The molecule has 0 radical (unpaired) electrons. The summed E-state index contributed by atoms with van der Waals surface area (Å²) in [7, 11) is 0. The number of halogens is 1. The fraction of sp³-hybridized carbons (Fsp3) is 0.467. The Morgan fingerprint density at radius 2 is 1.75 bits per heavy atom. The highest BCUT2D eigenvalue weighted by Gasteiger charge is 2.54. The van der Waals surface area contributed by atoms with Crippen molar-refractivity contribution in [2.24, 2.45) is 5.92 Å². The van der Waals surface area contributed by atoms with Crippen molar-refractivity contribution in [2.45, 2.75) is 52.1 Å². The Morgan fingerprint density at radius 3 is 2.35 bits per heavy atom. The van der Waals surface area contributed by atoms with Gasteiger partial charge in [0, 0.05) is 24.3 Å². The largest absolute Gasteiger partial charge is 0.465 e. The van der Waals surface area contributed by atoms with Crippen LogP contribution in [0, 0.1) is 18.7 Å². The standard InChI is InChI=1S/C30H37FN4O5/c1-5-40-25(36)18-34-19-35(24-9-7-6-8-10-24)30(29(34)39)11-13-33(14-12-30)28(38)26(20(2)3)32-27(37)22-15-21(4)16-23(31)17-22/h6-10,15-17,20,26H,5,11-14,18-19H2,1-4H3,(H,32,37). The van der Waals surface area contributed by atoms with Gasteiger partial charge < -0.3 is 24.8 Å². The van der Waals surface area contributed by atoms with Crippen molar-refractivity contribution < 1.29 is 28.3 Å². The van der Waals surface area contributed by atoms with Crippen molar-refractivity contribution in [3.63, 3.8) is 0 Å². The molecule has 1 unspecified atom stereocenters. The number of aryl methyl sites for hydroxylation is 1. The molecule has 1 spiro atoms. The van der Waals surface area contributed by atoms with E-state index in [1.807, 2.05) is 49.1 Å². The van der Waals surface area contributed by atoms with Gasteiger partial charge in [-0.15, -0.1) is 0 Å². The van der Waals surface area contributed by atoms with Gasteiger partial charge in [-0.25, -0.2) is 4.39 Å². The number of hydrogen-bond donors (Lipinski definition) is 1. The van der Waals surface area contributed by atoms with Gasteiger partial charge in [-0.2, -0.15) is 0 Å². The molecule has 214 valence electrons. The number of benzene rings is 2. The molecule has 2 saturated heterocycles. The quantitative estimate of drug-likeness (QED) is 0.506. The van der Waals surface area contributed by atoms with E-state index in [-0.39, 0.29) is 43.1 Å². The summed E-state index contributed by atoms with van der Waals surface area (Å²) >= 11 is 0. The molecule has 0 bridgehead atoms. The summed E-state index contributed by atoms with van der Waals surface area (Å²) < 4.78 is 19.0. The molecular formula is C30H37FN4O5. The van der Waals surface area contributed by atoms with Crippen molar-refractivity contribution in [1.82, 2.24) is 15.1 Å². The van der Waals surface area contributed by atoms with E-state index in [2.05, 4.69) is 5.32 Å². The van der Waals surface area contributed by atoms with Crippen LogP contribution in [0.15, 0.2) is 48.5 Å². The van der Waals surface area contributed by atoms with Gasteiger partial charge in [-0.3, -0.25) is 19.2 Å². The number of piperidine rings is 1. The minimum Gasteiger partial charge on any atom is -0.465 e. The molecule has 2 fully saturated rings. The highest BCUT2D eigenvalue weighted by Crippen LogP contribution is 2.39. The van der Waals surface area contributed by atoms with Crippen LogP contribution in [-0.4, -0.2) is 78.0 Å². The number of carbonyl (C=O) groups excluding carboxylic acids is 4. The first kappa shape index (κ1) is 29.0. The van der Waals surface area contributed by atoms with Crippen LogP contribution in [0.2, 0.25) is 0 Å². The third-order valence-electron chi connectivity index (χ3n) is 7.63. The van der Waals surface area contributed by atoms with E-state index in [4.69, 9.17) is 4.74 Å². The number of nitrogens with zero attached hydrogens (tertiary/aromatic N) is 3. The van der Waals surface area contributed by atoms with Crippen LogP contribution < -0.4 is 10.2 Å². The predicted molar refractivity (Wildman–Crippen MR) is 148 cm³/mol. The van der Waals surface area contributed by atoms with Crippen molar-refractivity contribution in [3.05, 3.63) is 65.5 Å². The number of amides is 3. The number of rotatable bonds is 8. The summed E-state index contributed by atoms with van der Waals surface area (Å²) in [6, 6.07) is 12.8. The molecule has 4 rings (SSSR count). The molecule has 2 aliphatic rings. The minimum atomic E-state index is -0.902. The van der Waals surface area contributed by atoms with Crippen molar-refractivity contribution in [3.8, 4) is 0 Å². The zero-order chi connectivity index (χ0) is 29.0. The molecule has 0 aromatic heterocycles. The van der Waals surface area contributed by atoms with Crippen LogP contribution in [0.3, 0.4) is 0 Å². The SMILES string of the molecule is CCOC(=O)CN1CN(c2ccccc2)C2(CCN(C(=O)C(NC(=O)c3cc(C)cc(F)c3)C(C)C)CC2)C1=O. The Hall–Kier alpha value is -3.95. The van der Waals surface area contributed by atoms with E-state index in [9.17, 15) is 23.6 Å². The summed E-state index contributed by atoms with van der Waals surface area (Å²) in [6.45, 7) is 8.06. The first-order chi connectivity index (χ1) is 19.1. The number of para-hydroxylation sites is 1. The van der Waals surface area contributed by atoms with Crippen LogP contribution in [-0.2, 0) is 19.1 Å². The van der Waals surface area contributed by atoms with Gasteiger partial charge >= 0.3 is 5.97 Å². The molecule has 1 atom stereocenters.